The van der Waals surface area contributed by atoms with Gasteiger partial charge in [-0.1, -0.05) is 48.5 Å². The van der Waals surface area contributed by atoms with Gasteiger partial charge < -0.3 is 24.4 Å². The Labute approximate surface area is 206 Å². The number of carbonyl (C=O) groups excluding carboxylic acids is 1. The van der Waals surface area contributed by atoms with Gasteiger partial charge in [0, 0.05) is 25.1 Å². The number of nitrogens with zero attached hydrogens (tertiary/aromatic N) is 1. The summed E-state index contributed by atoms with van der Waals surface area (Å²) in [7, 11) is 2.14. The van der Waals surface area contributed by atoms with E-state index in [2.05, 4.69) is 17.3 Å². The zero-order valence-corrected chi connectivity index (χ0v) is 20.1. The summed E-state index contributed by atoms with van der Waals surface area (Å²) in [5.41, 5.74) is 1.92. The van der Waals surface area contributed by atoms with Crippen LogP contribution in [0.5, 0.6) is 17.2 Å². The lowest BCUT2D eigenvalue weighted by atomic mass is 9.80. The number of benzene rings is 3. The molecule has 1 atom stereocenters. The molecule has 6 heteroatoms. The van der Waals surface area contributed by atoms with Crippen LogP contribution in [0.2, 0.25) is 0 Å². The highest BCUT2D eigenvalue weighted by Crippen LogP contribution is 2.44. The average molecular weight is 473 g/mol. The first-order valence-corrected chi connectivity index (χ1v) is 12.2. The molecular formula is C29H32N2O4. The Balaban J connectivity index is 1.16. The highest BCUT2D eigenvalue weighted by Gasteiger charge is 2.43. The molecule has 2 aliphatic heterocycles. The van der Waals surface area contributed by atoms with Crippen LogP contribution in [0.3, 0.4) is 0 Å². The Morgan fingerprint density at radius 3 is 2.34 bits per heavy atom. The van der Waals surface area contributed by atoms with Crippen LogP contribution in [0.4, 0.5) is 0 Å². The van der Waals surface area contributed by atoms with Crippen molar-refractivity contribution in [2.75, 3.05) is 26.7 Å². The number of likely N-dealkylation sites (tertiary alicyclic amines) is 1. The first kappa shape index (κ1) is 23.2. The molecule has 3 aromatic rings. The molecule has 1 unspecified atom stereocenters. The van der Waals surface area contributed by atoms with E-state index in [1.54, 1.807) is 0 Å². The molecule has 0 aromatic heterocycles. The maximum atomic E-state index is 12.8. The predicted octanol–water partition coefficient (Wildman–Crippen LogP) is 4.75. The zero-order valence-electron chi connectivity index (χ0n) is 20.1. The molecule has 0 bridgehead atoms. The fraction of sp³-hybridized carbons (Fsp3) is 0.345. The highest BCUT2D eigenvalue weighted by atomic mass is 16.5. The molecule has 1 spiro atoms. The van der Waals surface area contributed by atoms with Gasteiger partial charge >= 0.3 is 0 Å². The van der Waals surface area contributed by atoms with E-state index in [0.29, 0.717) is 12.4 Å². The number of carbonyl (C=O) groups is 1. The van der Waals surface area contributed by atoms with Gasteiger partial charge in [0.15, 0.2) is 6.61 Å². The van der Waals surface area contributed by atoms with Crippen LogP contribution in [0.1, 0.15) is 36.4 Å². The maximum Gasteiger partial charge on any atom is 0.258 e. The summed E-state index contributed by atoms with van der Waals surface area (Å²) in [4.78, 5) is 15.2. The number of hydrogen-bond acceptors (Lipinski definition) is 5. The van der Waals surface area contributed by atoms with Gasteiger partial charge in [0.1, 0.15) is 29.5 Å². The molecule has 1 amide bonds. The lowest BCUT2D eigenvalue weighted by Gasteiger charge is -2.46. The predicted molar refractivity (Wildman–Crippen MR) is 135 cm³/mol. The summed E-state index contributed by atoms with van der Waals surface area (Å²) in [6, 6.07) is 25.3. The van der Waals surface area contributed by atoms with Gasteiger partial charge in [-0.3, -0.25) is 4.79 Å². The summed E-state index contributed by atoms with van der Waals surface area (Å²) < 4.78 is 18.1. The summed E-state index contributed by atoms with van der Waals surface area (Å²) >= 11 is 0. The van der Waals surface area contributed by atoms with Crippen molar-refractivity contribution >= 4 is 5.91 Å². The van der Waals surface area contributed by atoms with Gasteiger partial charge in [-0.25, -0.2) is 0 Å². The highest BCUT2D eigenvalue weighted by molar-refractivity contribution is 5.78. The summed E-state index contributed by atoms with van der Waals surface area (Å²) in [6.07, 6.45) is 2.69. The van der Waals surface area contributed by atoms with Gasteiger partial charge in [0.25, 0.3) is 5.91 Å². The Hall–Kier alpha value is -3.51. The quantitative estimate of drug-likeness (QED) is 0.538. The van der Waals surface area contributed by atoms with Crippen LogP contribution < -0.4 is 19.5 Å². The van der Waals surface area contributed by atoms with Crippen molar-refractivity contribution in [2.24, 2.45) is 0 Å². The standard InChI is InChI=1S/C29H32N2O4/c1-31-17-15-29(16-18-31)19-26(25-9-5-6-10-27(25)35-29)30-28(32)21-34-24-13-11-23(12-14-24)33-20-22-7-3-2-4-8-22/h2-14,26H,15-21H2,1H3,(H,30,32). The number of fused-ring (bicyclic) bond motifs is 1. The minimum absolute atomic E-state index is 0.0422. The van der Waals surface area contributed by atoms with Crippen LogP contribution in [-0.4, -0.2) is 43.2 Å². The van der Waals surface area contributed by atoms with Crippen LogP contribution in [0.15, 0.2) is 78.9 Å². The summed E-state index contributed by atoms with van der Waals surface area (Å²) in [6.45, 7) is 2.46. The van der Waals surface area contributed by atoms with Crippen LogP contribution in [0, 0.1) is 0 Å². The first-order chi connectivity index (χ1) is 17.1. The van der Waals surface area contributed by atoms with Gasteiger partial charge in [0.05, 0.1) is 6.04 Å². The van der Waals surface area contributed by atoms with E-state index in [1.807, 2.05) is 78.9 Å². The monoisotopic (exact) mass is 472 g/mol. The summed E-state index contributed by atoms with van der Waals surface area (Å²) in [5.74, 6) is 2.12. The second kappa shape index (κ2) is 10.4. The molecule has 35 heavy (non-hydrogen) atoms. The number of para-hydroxylation sites is 1. The molecule has 2 heterocycles. The molecule has 5 rings (SSSR count). The van der Waals surface area contributed by atoms with E-state index < -0.39 is 0 Å². The van der Waals surface area contributed by atoms with E-state index in [0.717, 1.165) is 55.0 Å². The lowest BCUT2D eigenvalue weighted by Crippen LogP contribution is -2.51. The number of amides is 1. The fourth-order valence-electron chi connectivity index (χ4n) is 4.84. The topological polar surface area (TPSA) is 60.0 Å². The van der Waals surface area contributed by atoms with Crippen molar-refractivity contribution in [3.8, 4) is 17.2 Å². The van der Waals surface area contributed by atoms with Gasteiger partial charge in [-0.2, -0.15) is 0 Å². The average Bonchev–Trinajstić information content (AvgIpc) is 2.89. The van der Waals surface area contributed by atoms with Gasteiger partial charge in [-0.15, -0.1) is 0 Å². The van der Waals surface area contributed by atoms with Crippen molar-refractivity contribution in [2.45, 2.75) is 37.5 Å². The second-order valence-corrected chi connectivity index (χ2v) is 9.48. The third-order valence-corrected chi connectivity index (χ3v) is 6.87. The normalized spacial score (nSPS) is 18.8. The Morgan fingerprint density at radius 1 is 0.943 bits per heavy atom. The van der Waals surface area contributed by atoms with Gasteiger partial charge in [-0.05, 0) is 55.8 Å². The SMILES string of the molecule is CN1CCC2(CC1)CC(NC(=O)COc1ccc(OCc3ccccc3)cc1)c1ccccc1O2. The molecule has 3 aromatic carbocycles. The first-order valence-electron chi connectivity index (χ1n) is 12.2. The Morgan fingerprint density at radius 2 is 1.60 bits per heavy atom. The number of rotatable bonds is 7. The second-order valence-electron chi connectivity index (χ2n) is 9.48. The molecule has 6 nitrogen and oxygen atoms in total. The van der Waals surface area contributed by atoms with E-state index in [4.69, 9.17) is 14.2 Å². The van der Waals surface area contributed by atoms with Crippen LogP contribution in [-0.2, 0) is 11.4 Å². The third-order valence-electron chi connectivity index (χ3n) is 6.87. The smallest absolute Gasteiger partial charge is 0.258 e. The minimum atomic E-state index is -0.227. The van der Waals surface area contributed by atoms with Gasteiger partial charge in [0.2, 0.25) is 0 Å². The molecule has 2 aliphatic rings. The molecule has 1 saturated heterocycles. The number of piperidine rings is 1. The number of hydrogen-bond donors (Lipinski definition) is 1. The van der Waals surface area contributed by atoms with Crippen LogP contribution in [0.25, 0.3) is 0 Å². The van der Waals surface area contributed by atoms with E-state index >= 15 is 0 Å². The largest absolute Gasteiger partial charge is 0.489 e. The number of nitrogens with one attached hydrogen (secondary N) is 1. The number of ether oxygens (including phenoxy) is 3. The fourth-order valence-corrected chi connectivity index (χ4v) is 4.84. The molecule has 1 N–H and O–H groups in total. The molecule has 1 fully saturated rings. The van der Waals surface area contributed by atoms with Crippen molar-refractivity contribution in [3.05, 3.63) is 90.0 Å². The maximum absolute atomic E-state index is 12.8. The molecule has 0 saturated carbocycles. The zero-order chi connectivity index (χ0) is 24.1. The van der Waals surface area contributed by atoms with Crippen molar-refractivity contribution in [3.63, 3.8) is 0 Å². The summed E-state index contributed by atoms with van der Waals surface area (Å²) in [5, 5.41) is 3.20. The van der Waals surface area contributed by atoms with E-state index in [1.165, 1.54) is 0 Å². The lowest BCUT2D eigenvalue weighted by molar-refractivity contribution is -0.124. The molecule has 0 aliphatic carbocycles. The molecular weight excluding hydrogens is 440 g/mol. The van der Waals surface area contributed by atoms with Crippen molar-refractivity contribution in [1.82, 2.24) is 10.2 Å². The van der Waals surface area contributed by atoms with E-state index in [9.17, 15) is 4.79 Å². The third kappa shape index (κ3) is 5.77. The molecule has 0 radical (unpaired) electrons. The van der Waals surface area contributed by atoms with Crippen LogP contribution >= 0.6 is 0 Å². The Kier molecular flexibility index (Phi) is 6.91. The minimum Gasteiger partial charge on any atom is -0.489 e. The van der Waals surface area contributed by atoms with Crippen molar-refractivity contribution < 1.29 is 19.0 Å². The van der Waals surface area contributed by atoms with Crippen molar-refractivity contribution in [1.29, 1.82) is 0 Å². The van der Waals surface area contributed by atoms with E-state index in [-0.39, 0.29) is 24.2 Å². The molecule has 182 valence electrons. The Bertz CT molecular complexity index is 1120.